The van der Waals surface area contributed by atoms with Crippen LogP contribution in [-0.2, 0) is 14.3 Å². The third-order valence-corrected chi connectivity index (χ3v) is 2.13. The molecule has 4 nitrogen and oxygen atoms in total. The van der Waals surface area contributed by atoms with E-state index in [4.69, 9.17) is 4.74 Å². The van der Waals surface area contributed by atoms with Crippen LogP contribution in [0.2, 0.25) is 0 Å². The molecule has 4 heteroatoms. The first kappa shape index (κ1) is 14.5. The monoisotopic (exact) mass is 258 g/mol. The SMILES string of the molecule is CCOC(=O)/C=C\C#Cc1ccccc1C(=O)OC. The lowest BCUT2D eigenvalue weighted by atomic mass is 10.1. The van der Waals surface area contributed by atoms with Crippen molar-refractivity contribution in [3.8, 4) is 11.8 Å². The number of allylic oxidation sites excluding steroid dienone is 1. The van der Waals surface area contributed by atoms with Crippen molar-refractivity contribution in [1.29, 1.82) is 0 Å². The summed E-state index contributed by atoms with van der Waals surface area (Å²) in [5.41, 5.74) is 0.935. The van der Waals surface area contributed by atoms with E-state index in [2.05, 4.69) is 16.6 Å². The molecule has 98 valence electrons. The molecule has 0 spiro atoms. The number of esters is 2. The Morgan fingerprint density at radius 1 is 1.32 bits per heavy atom. The van der Waals surface area contributed by atoms with E-state index in [0.29, 0.717) is 17.7 Å². The van der Waals surface area contributed by atoms with Crippen molar-refractivity contribution in [3.63, 3.8) is 0 Å². The summed E-state index contributed by atoms with van der Waals surface area (Å²) in [5.74, 6) is 4.56. The molecule has 0 bridgehead atoms. The largest absolute Gasteiger partial charge is 0.465 e. The molecule has 1 aromatic rings. The minimum atomic E-state index is -0.446. The number of carbonyl (C=O) groups is 2. The highest BCUT2D eigenvalue weighted by molar-refractivity contribution is 5.92. The summed E-state index contributed by atoms with van der Waals surface area (Å²) in [6.07, 6.45) is 2.61. The van der Waals surface area contributed by atoms with Crippen LogP contribution in [-0.4, -0.2) is 25.7 Å². The van der Waals surface area contributed by atoms with Gasteiger partial charge in [0.25, 0.3) is 0 Å². The van der Waals surface area contributed by atoms with Crippen LogP contribution < -0.4 is 0 Å². The lowest BCUT2D eigenvalue weighted by Gasteiger charge is -2.00. The van der Waals surface area contributed by atoms with Gasteiger partial charge < -0.3 is 9.47 Å². The van der Waals surface area contributed by atoms with Crippen LogP contribution in [0.4, 0.5) is 0 Å². The minimum Gasteiger partial charge on any atom is -0.465 e. The van der Waals surface area contributed by atoms with Crippen molar-refractivity contribution in [2.24, 2.45) is 0 Å². The average Bonchev–Trinajstić information content (AvgIpc) is 2.43. The molecule has 0 amide bonds. The number of hydrogen-bond donors (Lipinski definition) is 0. The second-order valence-corrected chi connectivity index (χ2v) is 3.39. The van der Waals surface area contributed by atoms with E-state index in [1.165, 1.54) is 19.3 Å². The Bertz CT molecular complexity index is 547. The molecule has 1 aromatic carbocycles. The van der Waals surface area contributed by atoms with Gasteiger partial charge >= 0.3 is 11.9 Å². The van der Waals surface area contributed by atoms with Gasteiger partial charge in [0, 0.05) is 11.6 Å². The van der Waals surface area contributed by atoms with E-state index in [1.807, 2.05) is 0 Å². The van der Waals surface area contributed by atoms with Gasteiger partial charge in [-0.05, 0) is 25.1 Å². The van der Waals surface area contributed by atoms with E-state index in [0.717, 1.165) is 0 Å². The van der Waals surface area contributed by atoms with Crippen LogP contribution in [0.15, 0.2) is 36.4 Å². The number of benzene rings is 1. The summed E-state index contributed by atoms with van der Waals surface area (Å²) in [6.45, 7) is 2.05. The van der Waals surface area contributed by atoms with E-state index in [9.17, 15) is 9.59 Å². The van der Waals surface area contributed by atoms with Gasteiger partial charge in [-0.1, -0.05) is 24.0 Å². The molecule has 1 rings (SSSR count). The van der Waals surface area contributed by atoms with Crippen LogP contribution in [0.25, 0.3) is 0 Å². The highest BCUT2D eigenvalue weighted by Gasteiger charge is 2.08. The van der Waals surface area contributed by atoms with E-state index >= 15 is 0 Å². The molecule has 0 atom stereocenters. The molecular weight excluding hydrogens is 244 g/mol. The molecule has 0 heterocycles. The van der Waals surface area contributed by atoms with E-state index in [-0.39, 0.29) is 0 Å². The zero-order chi connectivity index (χ0) is 14.1. The normalized spacial score (nSPS) is 9.58. The molecule has 19 heavy (non-hydrogen) atoms. The maximum atomic E-state index is 11.5. The Kier molecular flexibility index (Phi) is 5.90. The fourth-order valence-corrected chi connectivity index (χ4v) is 1.30. The predicted molar refractivity (Wildman–Crippen MR) is 70.4 cm³/mol. The van der Waals surface area contributed by atoms with Crippen LogP contribution >= 0.6 is 0 Å². The lowest BCUT2D eigenvalue weighted by Crippen LogP contribution is -2.03. The first-order valence-electron chi connectivity index (χ1n) is 5.71. The van der Waals surface area contributed by atoms with E-state index in [1.54, 1.807) is 31.2 Å². The number of carbonyl (C=O) groups excluding carboxylic acids is 2. The highest BCUT2D eigenvalue weighted by Crippen LogP contribution is 2.08. The van der Waals surface area contributed by atoms with Gasteiger partial charge in [0.15, 0.2) is 0 Å². The predicted octanol–water partition coefficient (Wildman–Crippen LogP) is 1.94. The van der Waals surface area contributed by atoms with Crippen molar-refractivity contribution >= 4 is 11.9 Å². The molecule has 0 unspecified atom stereocenters. The van der Waals surface area contributed by atoms with Crippen molar-refractivity contribution < 1.29 is 19.1 Å². The summed E-state index contributed by atoms with van der Waals surface area (Å²) in [6, 6.07) is 6.83. The first-order chi connectivity index (χ1) is 9.19. The summed E-state index contributed by atoms with van der Waals surface area (Å²) < 4.78 is 9.36. The van der Waals surface area contributed by atoms with Gasteiger partial charge in [-0.2, -0.15) is 0 Å². The van der Waals surface area contributed by atoms with Crippen LogP contribution in [0.3, 0.4) is 0 Å². The summed E-state index contributed by atoms with van der Waals surface area (Å²) in [7, 11) is 1.31. The molecule has 0 saturated heterocycles. The average molecular weight is 258 g/mol. The van der Waals surface area contributed by atoms with Gasteiger partial charge in [0.1, 0.15) is 0 Å². The Balaban J connectivity index is 2.84. The van der Waals surface area contributed by atoms with Crippen molar-refractivity contribution in [1.82, 2.24) is 0 Å². The molecule has 0 radical (unpaired) electrons. The number of rotatable bonds is 3. The molecule has 0 aliphatic carbocycles. The van der Waals surface area contributed by atoms with Crippen LogP contribution in [0.1, 0.15) is 22.8 Å². The zero-order valence-corrected chi connectivity index (χ0v) is 10.8. The molecule has 0 aliphatic heterocycles. The Morgan fingerprint density at radius 3 is 2.74 bits per heavy atom. The maximum Gasteiger partial charge on any atom is 0.339 e. The third kappa shape index (κ3) is 4.68. The van der Waals surface area contributed by atoms with Gasteiger partial charge in [-0.25, -0.2) is 9.59 Å². The smallest absolute Gasteiger partial charge is 0.339 e. The van der Waals surface area contributed by atoms with Crippen LogP contribution in [0, 0.1) is 11.8 Å². The summed E-state index contributed by atoms with van der Waals surface area (Å²) >= 11 is 0. The third-order valence-electron chi connectivity index (χ3n) is 2.13. The number of methoxy groups -OCH3 is 1. The molecule has 0 fully saturated rings. The Morgan fingerprint density at radius 2 is 2.05 bits per heavy atom. The summed E-state index contributed by atoms with van der Waals surface area (Å²) in [4.78, 5) is 22.5. The lowest BCUT2D eigenvalue weighted by molar-refractivity contribution is -0.137. The second-order valence-electron chi connectivity index (χ2n) is 3.39. The molecule has 0 aromatic heterocycles. The maximum absolute atomic E-state index is 11.5. The highest BCUT2D eigenvalue weighted by atomic mass is 16.5. The molecular formula is C15H14O4. The minimum absolute atomic E-state index is 0.321. The zero-order valence-electron chi connectivity index (χ0n) is 10.8. The van der Waals surface area contributed by atoms with Gasteiger partial charge in [0.2, 0.25) is 0 Å². The quantitative estimate of drug-likeness (QED) is 0.472. The fourth-order valence-electron chi connectivity index (χ4n) is 1.30. The standard InChI is InChI=1S/C15H14O4/c1-3-19-14(16)11-7-5-9-12-8-4-6-10-13(12)15(17)18-2/h4,6-8,10-11H,3H2,1-2H3/b11-7-. The number of hydrogen-bond acceptors (Lipinski definition) is 4. The fraction of sp³-hybridized carbons (Fsp3) is 0.200. The topological polar surface area (TPSA) is 52.6 Å². The molecule has 0 saturated carbocycles. The van der Waals surface area contributed by atoms with Crippen molar-refractivity contribution in [2.75, 3.05) is 13.7 Å². The Labute approximate surface area is 112 Å². The molecule has 0 aliphatic rings. The Hall–Kier alpha value is -2.54. The van der Waals surface area contributed by atoms with Crippen LogP contribution in [0.5, 0.6) is 0 Å². The second kappa shape index (κ2) is 7.72. The molecule has 0 N–H and O–H groups in total. The summed E-state index contributed by atoms with van der Waals surface area (Å²) in [5, 5.41) is 0. The van der Waals surface area contributed by atoms with Crippen molar-refractivity contribution in [3.05, 3.63) is 47.5 Å². The van der Waals surface area contributed by atoms with Gasteiger partial charge in [-0.15, -0.1) is 0 Å². The first-order valence-corrected chi connectivity index (χ1v) is 5.71. The van der Waals surface area contributed by atoms with Crippen molar-refractivity contribution in [2.45, 2.75) is 6.92 Å². The van der Waals surface area contributed by atoms with E-state index < -0.39 is 11.9 Å². The number of ether oxygens (including phenoxy) is 2. The van der Waals surface area contributed by atoms with Gasteiger partial charge in [-0.3, -0.25) is 0 Å². The van der Waals surface area contributed by atoms with Gasteiger partial charge in [0.05, 0.1) is 19.3 Å².